The van der Waals surface area contributed by atoms with Crippen LogP contribution in [0.2, 0.25) is 0 Å². The summed E-state index contributed by atoms with van der Waals surface area (Å²) in [5, 5.41) is 34.5. The third kappa shape index (κ3) is 36.7. The maximum absolute atomic E-state index is 10.6. The minimum Gasteiger partial charge on any atom is -0.480 e. The summed E-state index contributed by atoms with van der Waals surface area (Å²) in [6, 6.07) is 0. The molecule has 0 unspecified atom stereocenters. The van der Waals surface area contributed by atoms with E-state index in [9.17, 15) is 19.2 Å². The smallest absolute Gasteiger partial charge is 0.317 e. The first-order valence-electron chi connectivity index (χ1n) is 6.86. The Morgan fingerprint density at radius 2 is 0.643 bits per heavy atom. The van der Waals surface area contributed by atoms with Gasteiger partial charge in [0, 0.05) is 13.1 Å². The molecule has 28 heavy (non-hydrogen) atoms. The van der Waals surface area contributed by atoms with Gasteiger partial charge in [0.15, 0.2) is 0 Å². The molecule has 14 nitrogen and oxygen atoms in total. The third-order valence-corrected chi connectivity index (χ3v) is 2.17. The topological polar surface area (TPSA) is 260 Å². The number of hydrogen-bond acceptors (Lipinski definition) is 10. The van der Waals surface area contributed by atoms with Crippen molar-refractivity contribution in [3.05, 3.63) is 0 Å². The van der Waals surface area contributed by atoms with Crippen LogP contribution in [0.15, 0.2) is 0 Å². The molecule has 0 spiro atoms. The van der Waals surface area contributed by atoms with Crippen molar-refractivity contribution in [1.29, 1.82) is 0 Å². The zero-order valence-electron chi connectivity index (χ0n) is 15.2. The molecule has 18 heteroatoms. The largest absolute Gasteiger partial charge is 0.480 e. The Hall–Kier alpha value is -0.230. The van der Waals surface area contributed by atoms with Crippen LogP contribution in [0.3, 0.4) is 0 Å². The number of rotatable bonds is 11. The second-order valence-electron chi connectivity index (χ2n) is 4.00. The highest BCUT2D eigenvalue weighted by molar-refractivity contribution is 6.02. The van der Waals surface area contributed by atoms with Gasteiger partial charge in [0.05, 0.1) is 26.2 Å². The maximum Gasteiger partial charge on any atom is 0.317 e. The number of carbonyl (C=O) groups is 4. The van der Waals surface area contributed by atoms with E-state index in [1.54, 1.807) is 0 Å². The molecule has 0 amide bonds. The Balaban J connectivity index is -0.000000194. The highest BCUT2D eigenvalue weighted by Crippen LogP contribution is 1.94. The number of hydrogen-bond donors (Lipinski definition) is 8. The molecule has 0 aliphatic rings. The molecule has 0 aromatic heterocycles. The molecule has 154 valence electrons. The molecule has 0 aliphatic carbocycles. The standard InChI is InChI=1S/C10H16N2O8.4Al.4H2N/c13-7(14)3-11(4-8(15)16)1-2-12(5-9(17)18)6-10(19)20;;;;;;;;/h1-6H2,(H,13,14)(H,15,16)(H,17,18)(H,19,20);;;;;4*1H2/q;4*+1;4*-1. The van der Waals surface area contributed by atoms with E-state index in [4.69, 9.17) is 20.4 Å². The fraction of sp³-hybridized carbons (Fsp3) is 0.600. The van der Waals surface area contributed by atoms with Crippen molar-refractivity contribution in [2.75, 3.05) is 39.3 Å². The van der Waals surface area contributed by atoms with Crippen LogP contribution >= 0.6 is 0 Å². The first-order chi connectivity index (χ1) is 13.2. The first kappa shape index (κ1) is 38.4. The van der Waals surface area contributed by atoms with Gasteiger partial charge in [0.1, 0.15) is 0 Å². The van der Waals surface area contributed by atoms with Crippen LogP contribution in [0.5, 0.6) is 0 Å². The molecule has 0 fully saturated rings. The van der Waals surface area contributed by atoms with Crippen LogP contribution in [-0.2, 0) is 19.2 Å². The minimum atomic E-state index is -1.23. The summed E-state index contributed by atoms with van der Waals surface area (Å²) in [5.41, 5.74) is 0. The Bertz CT molecular complexity index is 342. The zero-order valence-corrected chi connectivity index (χ0v) is 19.8. The van der Waals surface area contributed by atoms with Crippen molar-refractivity contribution in [2.24, 2.45) is 18.9 Å². The van der Waals surface area contributed by atoms with Gasteiger partial charge in [-0.2, -0.15) is 0 Å². The Morgan fingerprint density at radius 3 is 0.750 bits per heavy atom. The van der Waals surface area contributed by atoms with E-state index in [0.29, 0.717) is 0 Å². The van der Waals surface area contributed by atoms with Gasteiger partial charge in [-0.1, -0.05) is 0 Å². The van der Waals surface area contributed by atoms with E-state index in [1.165, 1.54) is 0 Å². The van der Waals surface area contributed by atoms with Crippen LogP contribution < -0.4 is 18.9 Å². The van der Waals surface area contributed by atoms with E-state index in [0.717, 1.165) is 9.80 Å². The molecule has 0 heterocycles. The predicted molar refractivity (Wildman–Crippen MR) is 103 cm³/mol. The number of carboxylic acid groups (broad SMARTS) is 4. The Morgan fingerprint density at radius 1 is 0.500 bits per heavy atom. The fourth-order valence-corrected chi connectivity index (χ4v) is 1.48. The first-order valence-corrected chi connectivity index (χ1v) is 9.52. The monoisotopic (exact) mass is 464 g/mol. The summed E-state index contributed by atoms with van der Waals surface area (Å²) in [4.78, 5) is 44.4. The van der Waals surface area contributed by atoms with E-state index >= 15 is 0 Å². The molecule has 8 radical (unpaired) electrons. The van der Waals surface area contributed by atoms with Crippen LogP contribution in [0.1, 0.15) is 0 Å². The molecular formula is C10H24Al4N6O8. The van der Waals surface area contributed by atoms with Gasteiger partial charge < -0.3 is 39.3 Å². The van der Waals surface area contributed by atoms with Crippen molar-refractivity contribution in [3.63, 3.8) is 0 Å². The van der Waals surface area contributed by atoms with Crippen molar-refractivity contribution in [2.45, 2.75) is 0 Å². The zero-order chi connectivity index (χ0) is 23.7. The van der Waals surface area contributed by atoms with Gasteiger partial charge in [-0.15, -0.1) is 0 Å². The third-order valence-electron chi connectivity index (χ3n) is 2.17. The van der Waals surface area contributed by atoms with Crippen molar-refractivity contribution < 1.29 is 39.6 Å². The summed E-state index contributed by atoms with van der Waals surface area (Å²) in [5.74, 6) is -4.91. The van der Waals surface area contributed by atoms with E-state index in [-0.39, 0.29) is 13.1 Å². The average Bonchev–Trinajstić information content (AvgIpc) is 2.64. The lowest BCUT2D eigenvalue weighted by atomic mass is 10.4. The van der Waals surface area contributed by atoms with Gasteiger partial charge in [0.2, 0.25) is 66.0 Å². The lowest BCUT2D eigenvalue weighted by molar-refractivity contribution is -0.145. The van der Waals surface area contributed by atoms with E-state index in [1.807, 2.05) is 66.0 Å². The van der Waals surface area contributed by atoms with Gasteiger partial charge >= 0.3 is 23.9 Å². The summed E-state index contributed by atoms with van der Waals surface area (Å²) >= 11 is 7.67. The summed E-state index contributed by atoms with van der Waals surface area (Å²) < 4.78 is 17.7. The normalized spacial score (nSPS) is 8.36. The molecule has 0 aromatic rings. The quantitative estimate of drug-likeness (QED) is 0.132. The molecule has 0 saturated carbocycles. The number of carboxylic acids is 4. The molecule has 0 atom stereocenters. The fourth-order valence-electron chi connectivity index (χ4n) is 1.48. The van der Waals surface area contributed by atoms with Gasteiger partial charge in [0.25, 0.3) is 0 Å². The summed E-state index contributed by atoms with van der Waals surface area (Å²) in [6.07, 6.45) is 0. The minimum absolute atomic E-state index is 0.0703. The number of aliphatic carboxylic acids is 4. The lowest BCUT2D eigenvalue weighted by Crippen LogP contribution is -2.43. The molecule has 0 aromatic carbocycles. The number of nitrogens with zero attached hydrogens (tertiary/aromatic N) is 2. The van der Waals surface area contributed by atoms with Gasteiger partial charge in [-0.3, -0.25) is 29.0 Å². The summed E-state index contributed by atoms with van der Waals surface area (Å²) in [7, 11) is 0. The average molecular weight is 464 g/mol. The molecule has 12 N–H and O–H groups in total. The van der Waals surface area contributed by atoms with Crippen LogP contribution in [0, 0.1) is 0 Å². The number of nitrogens with two attached hydrogens (primary N) is 4. The maximum atomic E-state index is 10.6. The Kier molecular flexibility index (Phi) is 43.1. The molecule has 0 bridgehead atoms. The van der Waals surface area contributed by atoms with Crippen LogP contribution in [-0.4, -0.2) is 159 Å². The van der Waals surface area contributed by atoms with E-state index in [2.05, 4.69) is 18.9 Å². The lowest BCUT2D eigenvalue weighted by Gasteiger charge is -2.23. The molecule has 0 saturated heterocycles. The SMILES string of the molecule is O=C(O)CN(CCN(CC(=O)O)CC(=O)O)CC(=O)O.[NH2][Al].[NH2][Al].[NH2][Al].[NH2][Al]. The molecule has 0 aliphatic heterocycles. The van der Waals surface area contributed by atoms with Gasteiger partial charge in [-0.25, -0.2) is 0 Å². The van der Waals surface area contributed by atoms with Crippen LogP contribution in [0.25, 0.3) is 0 Å². The molecule has 0 rings (SSSR count). The van der Waals surface area contributed by atoms with E-state index < -0.39 is 50.1 Å². The van der Waals surface area contributed by atoms with Crippen LogP contribution in [0.4, 0.5) is 0 Å². The molecular weight excluding hydrogens is 440 g/mol. The second-order valence-corrected chi connectivity index (χ2v) is 4.00. The highest BCUT2D eigenvalue weighted by atomic mass is 27.1. The Labute approximate surface area is 196 Å². The van der Waals surface area contributed by atoms with Crippen molar-refractivity contribution >= 4 is 89.9 Å². The predicted octanol–water partition coefficient (Wildman–Crippen LogP) is -5.96. The van der Waals surface area contributed by atoms with Crippen molar-refractivity contribution in [1.82, 2.24) is 9.80 Å². The second kappa shape index (κ2) is 31.5. The highest BCUT2D eigenvalue weighted by Gasteiger charge is 2.17. The van der Waals surface area contributed by atoms with Crippen molar-refractivity contribution in [3.8, 4) is 0 Å². The van der Waals surface area contributed by atoms with Gasteiger partial charge in [-0.05, 0) is 0 Å². The summed E-state index contributed by atoms with van der Waals surface area (Å²) in [6.45, 7) is -2.25.